The summed E-state index contributed by atoms with van der Waals surface area (Å²) in [6.07, 6.45) is 1.16. The lowest BCUT2D eigenvalue weighted by atomic mass is 9.97. The van der Waals surface area contributed by atoms with Gasteiger partial charge in [-0.1, -0.05) is 0 Å². The second-order valence-corrected chi connectivity index (χ2v) is 7.17. The molecule has 0 aliphatic carbocycles. The van der Waals surface area contributed by atoms with Crippen LogP contribution in [0.15, 0.2) is 53.6 Å². The molecule has 1 saturated heterocycles. The molecule has 3 aromatic rings. The Hall–Kier alpha value is -2.94. The molecule has 0 spiro atoms. The molecular weight excluding hydrogens is 388 g/mol. The normalized spacial score (nSPS) is 21.5. The SMILES string of the molecule is COc1ccc2c(OCCn3cc([C@@H]4OCC[C@@H](O)[C@H]4O)ccc3=O)ccnc2c1. The molecule has 4 rings (SSSR count). The van der Waals surface area contributed by atoms with E-state index in [2.05, 4.69) is 4.98 Å². The second-order valence-electron chi connectivity index (χ2n) is 7.17. The number of hydrogen-bond acceptors (Lipinski definition) is 7. The van der Waals surface area contributed by atoms with E-state index in [1.54, 1.807) is 31.6 Å². The third kappa shape index (κ3) is 4.16. The van der Waals surface area contributed by atoms with Crippen molar-refractivity contribution in [3.8, 4) is 11.5 Å². The highest BCUT2D eigenvalue weighted by atomic mass is 16.5. The highest BCUT2D eigenvalue weighted by Crippen LogP contribution is 2.29. The molecule has 2 aromatic heterocycles. The van der Waals surface area contributed by atoms with Crippen LogP contribution in [0.25, 0.3) is 10.9 Å². The number of ether oxygens (including phenoxy) is 3. The van der Waals surface area contributed by atoms with Crippen LogP contribution in [0.2, 0.25) is 0 Å². The summed E-state index contributed by atoms with van der Waals surface area (Å²) in [4.78, 5) is 16.6. The van der Waals surface area contributed by atoms with Crippen molar-refractivity contribution in [2.75, 3.05) is 20.3 Å². The molecule has 1 aromatic carbocycles. The summed E-state index contributed by atoms with van der Waals surface area (Å²) in [5.41, 5.74) is 1.22. The number of aliphatic hydroxyl groups excluding tert-OH is 2. The van der Waals surface area contributed by atoms with Crippen LogP contribution in [0.5, 0.6) is 11.5 Å². The minimum absolute atomic E-state index is 0.183. The number of benzene rings is 1. The van der Waals surface area contributed by atoms with E-state index < -0.39 is 18.3 Å². The minimum Gasteiger partial charge on any atom is -0.497 e. The van der Waals surface area contributed by atoms with E-state index in [1.165, 1.54) is 10.6 Å². The van der Waals surface area contributed by atoms with Crippen LogP contribution < -0.4 is 15.0 Å². The van der Waals surface area contributed by atoms with Crippen molar-refractivity contribution in [2.45, 2.75) is 31.3 Å². The van der Waals surface area contributed by atoms with Crippen molar-refractivity contribution in [2.24, 2.45) is 0 Å². The zero-order valence-electron chi connectivity index (χ0n) is 16.6. The van der Waals surface area contributed by atoms with E-state index in [9.17, 15) is 15.0 Å². The van der Waals surface area contributed by atoms with Crippen molar-refractivity contribution in [1.82, 2.24) is 9.55 Å². The summed E-state index contributed by atoms with van der Waals surface area (Å²) in [6, 6.07) is 10.4. The number of pyridine rings is 2. The van der Waals surface area contributed by atoms with E-state index in [0.29, 0.717) is 36.6 Å². The zero-order valence-corrected chi connectivity index (χ0v) is 16.6. The van der Waals surface area contributed by atoms with Gasteiger partial charge < -0.3 is 29.0 Å². The number of methoxy groups -OCH3 is 1. The van der Waals surface area contributed by atoms with E-state index in [-0.39, 0.29) is 12.2 Å². The van der Waals surface area contributed by atoms with Gasteiger partial charge in [-0.2, -0.15) is 0 Å². The van der Waals surface area contributed by atoms with Crippen LogP contribution in [-0.2, 0) is 11.3 Å². The summed E-state index contributed by atoms with van der Waals surface area (Å²) in [5, 5.41) is 21.0. The zero-order chi connectivity index (χ0) is 21.1. The van der Waals surface area contributed by atoms with Crippen LogP contribution in [-0.4, -0.2) is 52.3 Å². The molecule has 1 aliphatic heterocycles. The van der Waals surface area contributed by atoms with Gasteiger partial charge in [0, 0.05) is 29.9 Å². The molecule has 30 heavy (non-hydrogen) atoms. The van der Waals surface area contributed by atoms with Gasteiger partial charge in [0.05, 0.1) is 31.9 Å². The van der Waals surface area contributed by atoms with Crippen molar-refractivity contribution >= 4 is 10.9 Å². The number of hydrogen-bond donors (Lipinski definition) is 2. The molecule has 2 N–H and O–H groups in total. The molecule has 0 bridgehead atoms. The quantitative estimate of drug-likeness (QED) is 0.635. The fourth-order valence-corrected chi connectivity index (χ4v) is 3.58. The molecule has 0 saturated carbocycles. The first-order chi connectivity index (χ1) is 14.6. The molecule has 1 fully saturated rings. The van der Waals surface area contributed by atoms with E-state index in [1.807, 2.05) is 18.2 Å². The molecule has 8 nitrogen and oxygen atoms in total. The van der Waals surface area contributed by atoms with Gasteiger partial charge in [-0.15, -0.1) is 0 Å². The molecular formula is C22H24N2O6. The Labute approximate surface area is 173 Å². The number of aliphatic hydroxyl groups is 2. The summed E-state index contributed by atoms with van der Waals surface area (Å²) >= 11 is 0. The van der Waals surface area contributed by atoms with Crippen molar-refractivity contribution in [3.05, 3.63) is 64.7 Å². The van der Waals surface area contributed by atoms with Gasteiger partial charge in [-0.25, -0.2) is 0 Å². The van der Waals surface area contributed by atoms with E-state index in [4.69, 9.17) is 14.2 Å². The third-order valence-electron chi connectivity index (χ3n) is 5.25. The van der Waals surface area contributed by atoms with Crippen molar-refractivity contribution < 1.29 is 24.4 Å². The van der Waals surface area contributed by atoms with Gasteiger partial charge in [0.25, 0.3) is 5.56 Å². The molecule has 3 atom stereocenters. The standard InChI is InChI=1S/C22H24N2O6/c1-28-15-3-4-16-17(12-15)23-8-6-19(16)29-11-9-24-13-14(2-5-20(24)26)22-21(27)18(25)7-10-30-22/h2-6,8,12-13,18,21-22,25,27H,7,9-11H2,1H3/t18-,21-,22+/m1/s1. The first-order valence-corrected chi connectivity index (χ1v) is 9.80. The van der Waals surface area contributed by atoms with Crippen molar-refractivity contribution in [1.29, 1.82) is 0 Å². The summed E-state index contributed by atoms with van der Waals surface area (Å²) in [5.74, 6) is 1.38. The fraction of sp³-hybridized carbons (Fsp3) is 0.364. The highest BCUT2D eigenvalue weighted by Gasteiger charge is 2.32. The average molecular weight is 412 g/mol. The van der Waals surface area contributed by atoms with Gasteiger partial charge in [-0.05, 0) is 36.2 Å². The second kappa shape index (κ2) is 8.83. The first kappa shape index (κ1) is 20.3. The Balaban J connectivity index is 1.48. The molecule has 3 heterocycles. The molecule has 0 radical (unpaired) electrons. The summed E-state index contributed by atoms with van der Waals surface area (Å²) < 4.78 is 18.3. The van der Waals surface area contributed by atoms with Crippen LogP contribution in [0.1, 0.15) is 18.1 Å². The predicted octanol–water partition coefficient (Wildman–Crippen LogP) is 1.67. The lowest BCUT2D eigenvalue weighted by Gasteiger charge is -2.32. The summed E-state index contributed by atoms with van der Waals surface area (Å²) in [6.45, 7) is 0.939. The average Bonchev–Trinajstić information content (AvgIpc) is 2.76. The molecule has 0 unspecified atom stereocenters. The van der Waals surface area contributed by atoms with Gasteiger partial charge >= 0.3 is 0 Å². The predicted molar refractivity (Wildman–Crippen MR) is 110 cm³/mol. The molecule has 158 valence electrons. The largest absolute Gasteiger partial charge is 0.497 e. The van der Waals surface area contributed by atoms with Crippen LogP contribution >= 0.6 is 0 Å². The maximum Gasteiger partial charge on any atom is 0.250 e. The number of rotatable bonds is 6. The Morgan fingerprint density at radius 3 is 2.93 bits per heavy atom. The maximum atomic E-state index is 12.3. The highest BCUT2D eigenvalue weighted by molar-refractivity contribution is 5.85. The topological polar surface area (TPSA) is 103 Å². The molecule has 8 heteroatoms. The van der Waals surface area contributed by atoms with E-state index >= 15 is 0 Å². The third-order valence-corrected chi connectivity index (χ3v) is 5.25. The van der Waals surface area contributed by atoms with Crippen LogP contribution in [0.3, 0.4) is 0 Å². The molecule has 1 aliphatic rings. The van der Waals surface area contributed by atoms with Gasteiger partial charge in [0.15, 0.2) is 0 Å². The van der Waals surface area contributed by atoms with Crippen LogP contribution in [0, 0.1) is 0 Å². The minimum atomic E-state index is -1.03. The Bertz CT molecular complexity index is 1080. The number of aromatic nitrogens is 2. The van der Waals surface area contributed by atoms with Crippen LogP contribution in [0.4, 0.5) is 0 Å². The van der Waals surface area contributed by atoms with Gasteiger partial charge in [-0.3, -0.25) is 9.78 Å². The van der Waals surface area contributed by atoms with Gasteiger partial charge in [0.2, 0.25) is 0 Å². The fourth-order valence-electron chi connectivity index (χ4n) is 3.58. The Morgan fingerprint density at radius 2 is 2.10 bits per heavy atom. The number of nitrogens with zero attached hydrogens (tertiary/aromatic N) is 2. The van der Waals surface area contributed by atoms with Gasteiger partial charge in [0.1, 0.15) is 30.3 Å². The Kier molecular flexibility index (Phi) is 5.98. The van der Waals surface area contributed by atoms with E-state index in [0.717, 1.165) is 10.9 Å². The lowest BCUT2D eigenvalue weighted by molar-refractivity contribution is -0.137. The molecule has 0 amide bonds. The first-order valence-electron chi connectivity index (χ1n) is 9.80. The Morgan fingerprint density at radius 1 is 1.23 bits per heavy atom. The van der Waals surface area contributed by atoms with Crippen molar-refractivity contribution in [3.63, 3.8) is 0 Å². The summed E-state index contributed by atoms with van der Waals surface area (Å²) in [7, 11) is 1.60. The smallest absolute Gasteiger partial charge is 0.250 e. The lowest BCUT2D eigenvalue weighted by Crippen LogP contribution is -2.39. The number of fused-ring (bicyclic) bond motifs is 1. The monoisotopic (exact) mass is 412 g/mol. The maximum absolute atomic E-state index is 12.3.